The van der Waals surface area contributed by atoms with Crippen molar-refractivity contribution in [3.05, 3.63) is 35.4 Å². The maximum atomic E-state index is 7.13. The average Bonchev–Trinajstić information content (AvgIpc) is 2.05. The normalized spacial score (nSPS) is 9.64. The lowest BCUT2D eigenvalue weighted by atomic mass is 10.1. The smallest absolute Gasteiger partial charge is 0.128 e. The van der Waals surface area contributed by atoms with Gasteiger partial charge in [-0.15, -0.1) is 11.6 Å². The standard InChI is InChI=1S/C8H7Cl2N/c9-5-6-2-1-3-7(4-6)8(10)11/h1-4,11H,5H2. The summed E-state index contributed by atoms with van der Waals surface area (Å²) in [5.74, 6) is 0.456. The highest BCUT2D eigenvalue weighted by atomic mass is 35.5. The van der Waals surface area contributed by atoms with Crippen molar-refractivity contribution in [2.45, 2.75) is 5.88 Å². The first-order valence-corrected chi connectivity index (χ1v) is 4.04. The molecule has 0 saturated carbocycles. The van der Waals surface area contributed by atoms with Crippen molar-refractivity contribution in [1.82, 2.24) is 0 Å². The molecule has 0 aliphatic rings. The van der Waals surface area contributed by atoms with Crippen LogP contribution in [0, 0.1) is 5.41 Å². The van der Waals surface area contributed by atoms with Crippen LogP contribution in [0.1, 0.15) is 11.1 Å². The van der Waals surface area contributed by atoms with E-state index in [9.17, 15) is 0 Å². The fourth-order valence-electron chi connectivity index (χ4n) is 0.791. The first-order chi connectivity index (χ1) is 5.24. The SMILES string of the molecule is N=C(Cl)c1cccc(CCl)c1. The van der Waals surface area contributed by atoms with Crippen molar-refractivity contribution < 1.29 is 0 Å². The molecule has 0 fully saturated rings. The molecule has 0 spiro atoms. The minimum Gasteiger partial charge on any atom is -0.289 e. The van der Waals surface area contributed by atoms with Gasteiger partial charge in [-0.25, -0.2) is 0 Å². The minimum atomic E-state index is 0.0527. The summed E-state index contributed by atoms with van der Waals surface area (Å²) in [6.07, 6.45) is 0. The summed E-state index contributed by atoms with van der Waals surface area (Å²) in [6.45, 7) is 0. The molecule has 1 aromatic carbocycles. The molecule has 0 atom stereocenters. The van der Waals surface area contributed by atoms with E-state index in [-0.39, 0.29) is 5.17 Å². The Labute approximate surface area is 75.5 Å². The van der Waals surface area contributed by atoms with Crippen LogP contribution in [-0.2, 0) is 5.88 Å². The number of benzene rings is 1. The van der Waals surface area contributed by atoms with E-state index in [1.807, 2.05) is 18.2 Å². The van der Waals surface area contributed by atoms with Gasteiger partial charge in [0.25, 0.3) is 0 Å². The van der Waals surface area contributed by atoms with Gasteiger partial charge in [0, 0.05) is 11.4 Å². The summed E-state index contributed by atoms with van der Waals surface area (Å²) >= 11 is 11.1. The van der Waals surface area contributed by atoms with Crippen LogP contribution in [0.25, 0.3) is 0 Å². The van der Waals surface area contributed by atoms with Crippen molar-refractivity contribution in [2.75, 3.05) is 0 Å². The van der Waals surface area contributed by atoms with E-state index in [0.717, 1.165) is 5.56 Å². The Morgan fingerprint density at radius 1 is 1.45 bits per heavy atom. The number of rotatable bonds is 2. The third-order valence-corrected chi connectivity index (χ3v) is 1.86. The number of nitrogens with one attached hydrogen (secondary N) is 1. The average molecular weight is 188 g/mol. The summed E-state index contributed by atoms with van der Waals surface area (Å²) in [7, 11) is 0. The molecule has 58 valence electrons. The number of hydrogen-bond donors (Lipinski definition) is 1. The molecule has 0 saturated heterocycles. The van der Waals surface area contributed by atoms with Crippen molar-refractivity contribution in [1.29, 1.82) is 5.41 Å². The highest BCUT2D eigenvalue weighted by Gasteiger charge is 1.97. The van der Waals surface area contributed by atoms with Crippen molar-refractivity contribution >= 4 is 28.4 Å². The highest BCUT2D eigenvalue weighted by molar-refractivity contribution is 6.68. The Kier molecular flexibility index (Phi) is 2.92. The summed E-state index contributed by atoms with van der Waals surface area (Å²) < 4.78 is 0. The van der Waals surface area contributed by atoms with Gasteiger partial charge in [-0.05, 0) is 11.6 Å². The summed E-state index contributed by atoms with van der Waals surface area (Å²) in [4.78, 5) is 0. The third-order valence-electron chi connectivity index (χ3n) is 1.33. The maximum Gasteiger partial charge on any atom is 0.128 e. The molecule has 0 aliphatic heterocycles. The second kappa shape index (κ2) is 3.74. The topological polar surface area (TPSA) is 23.9 Å². The van der Waals surface area contributed by atoms with Crippen molar-refractivity contribution in [3.63, 3.8) is 0 Å². The van der Waals surface area contributed by atoms with E-state index >= 15 is 0 Å². The van der Waals surface area contributed by atoms with Gasteiger partial charge in [0.1, 0.15) is 5.17 Å². The fraction of sp³-hybridized carbons (Fsp3) is 0.125. The van der Waals surface area contributed by atoms with Crippen LogP contribution < -0.4 is 0 Å². The lowest BCUT2D eigenvalue weighted by Gasteiger charge is -1.97. The number of halogens is 2. The first kappa shape index (κ1) is 8.57. The maximum absolute atomic E-state index is 7.13. The van der Waals surface area contributed by atoms with Crippen LogP contribution in [0.5, 0.6) is 0 Å². The molecule has 0 heterocycles. The Morgan fingerprint density at radius 2 is 2.18 bits per heavy atom. The quantitative estimate of drug-likeness (QED) is 0.544. The molecule has 0 bridgehead atoms. The molecule has 0 aliphatic carbocycles. The van der Waals surface area contributed by atoms with E-state index in [0.29, 0.717) is 11.4 Å². The van der Waals surface area contributed by atoms with Crippen LogP contribution in [0.15, 0.2) is 24.3 Å². The molecular formula is C8H7Cl2N. The van der Waals surface area contributed by atoms with Crippen LogP contribution in [0.3, 0.4) is 0 Å². The highest BCUT2D eigenvalue weighted by Crippen LogP contribution is 2.09. The molecule has 1 aromatic rings. The van der Waals surface area contributed by atoms with Crippen molar-refractivity contribution in [3.8, 4) is 0 Å². The zero-order valence-corrected chi connectivity index (χ0v) is 7.28. The molecule has 0 radical (unpaired) electrons. The molecule has 3 heteroatoms. The van der Waals surface area contributed by atoms with E-state index in [2.05, 4.69) is 0 Å². The zero-order valence-electron chi connectivity index (χ0n) is 5.77. The minimum absolute atomic E-state index is 0.0527. The predicted octanol–water partition coefficient (Wildman–Crippen LogP) is 2.99. The molecule has 0 unspecified atom stereocenters. The molecule has 0 amide bonds. The van der Waals surface area contributed by atoms with E-state index < -0.39 is 0 Å². The van der Waals surface area contributed by atoms with Crippen LogP contribution >= 0.6 is 23.2 Å². The fourth-order valence-corrected chi connectivity index (χ4v) is 1.07. The molecule has 1 rings (SSSR count). The monoisotopic (exact) mass is 187 g/mol. The Morgan fingerprint density at radius 3 is 2.73 bits per heavy atom. The lowest BCUT2D eigenvalue weighted by Crippen LogP contribution is -1.89. The van der Waals surface area contributed by atoms with E-state index in [1.54, 1.807) is 6.07 Å². The van der Waals surface area contributed by atoms with Crippen molar-refractivity contribution in [2.24, 2.45) is 0 Å². The van der Waals surface area contributed by atoms with Gasteiger partial charge in [0.2, 0.25) is 0 Å². The van der Waals surface area contributed by atoms with Gasteiger partial charge < -0.3 is 0 Å². The van der Waals surface area contributed by atoms with Crippen LogP contribution in [0.2, 0.25) is 0 Å². The zero-order chi connectivity index (χ0) is 8.27. The molecule has 1 nitrogen and oxygen atoms in total. The van der Waals surface area contributed by atoms with Crippen LogP contribution in [0.4, 0.5) is 0 Å². The second-order valence-corrected chi connectivity index (χ2v) is 2.79. The first-order valence-electron chi connectivity index (χ1n) is 3.13. The summed E-state index contributed by atoms with van der Waals surface area (Å²) in [5, 5.41) is 7.18. The van der Waals surface area contributed by atoms with E-state index in [4.69, 9.17) is 28.6 Å². The van der Waals surface area contributed by atoms with Gasteiger partial charge in [-0.2, -0.15) is 0 Å². The Hall–Kier alpha value is -0.530. The molecule has 11 heavy (non-hydrogen) atoms. The lowest BCUT2D eigenvalue weighted by molar-refractivity contribution is 1.39. The number of hydrogen-bond acceptors (Lipinski definition) is 1. The van der Waals surface area contributed by atoms with Gasteiger partial charge in [0.05, 0.1) is 0 Å². The third kappa shape index (κ3) is 2.21. The van der Waals surface area contributed by atoms with E-state index in [1.165, 1.54) is 0 Å². The van der Waals surface area contributed by atoms with Crippen LogP contribution in [-0.4, -0.2) is 5.17 Å². The van der Waals surface area contributed by atoms with Gasteiger partial charge in [-0.1, -0.05) is 29.8 Å². The molecular weight excluding hydrogens is 181 g/mol. The Bertz CT molecular complexity index is 271. The summed E-state index contributed by atoms with van der Waals surface area (Å²) in [6, 6.07) is 7.33. The second-order valence-electron chi connectivity index (χ2n) is 2.15. The Balaban J connectivity index is 3.01. The predicted molar refractivity (Wildman–Crippen MR) is 48.7 cm³/mol. The van der Waals surface area contributed by atoms with Gasteiger partial charge >= 0.3 is 0 Å². The van der Waals surface area contributed by atoms with Gasteiger partial charge in [0.15, 0.2) is 0 Å². The largest absolute Gasteiger partial charge is 0.289 e. The molecule has 1 N–H and O–H groups in total. The molecule has 0 aromatic heterocycles. The number of alkyl halides is 1. The van der Waals surface area contributed by atoms with Gasteiger partial charge in [-0.3, -0.25) is 5.41 Å². The summed E-state index contributed by atoms with van der Waals surface area (Å²) in [5.41, 5.74) is 1.69.